The lowest BCUT2D eigenvalue weighted by Gasteiger charge is -2.11. The molecule has 1 aromatic carbocycles. The number of rotatable bonds is 5. The SMILES string of the molecule is CC(C)C(=O)Nc1nc(NC(=O)C(C)C)nc(-c2ccccc2Cl)n1. The molecule has 0 atom stereocenters. The van der Waals surface area contributed by atoms with Crippen LogP contribution in [-0.4, -0.2) is 26.8 Å². The van der Waals surface area contributed by atoms with Crippen molar-refractivity contribution in [2.45, 2.75) is 27.7 Å². The number of amides is 2. The Hall–Kier alpha value is -2.54. The molecule has 0 unspecified atom stereocenters. The van der Waals surface area contributed by atoms with Gasteiger partial charge >= 0.3 is 0 Å². The first-order valence-electron chi connectivity index (χ1n) is 7.90. The van der Waals surface area contributed by atoms with Crippen LogP contribution in [-0.2, 0) is 9.59 Å². The maximum absolute atomic E-state index is 11.9. The number of aromatic nitrogens is 3. The molecular weight excluding hydrogens is 342 g/mol. The Morgan fingerprint density at radius 2 is 1.36 bits per heavy atom. The summed E-state index contributed by atoms with van der Waals surface area (Å²) in [6.07, 6.45) is 0. The van der Waals surface area contributed by atoms with E-state index in [9.17, 15) is 9.59 Å². The fraction of sp³-hybridized carbons (Fsp3) is 0.353. The Kier molecular flexibility index (Phi) is 6.03. The molecule has 8 heteroatoms. The number of anilines is 2. The minimum Gasteiger partial charge on any atom is -0.294 e. The van der Waals surface area contributed by atoms with Crippen molar-refractivity contribution in [3.8, 4) is 11.4 Å². The van der Waals surface area contributed by atoms with Gasteiger partial charge in [-0.1, -0.05) is 51.4 Å². The highest BCUT2D eigenvalue weighted by atomic mass is 35.5. The quantitative estimate of drug-likeness (QED) is 0.850. The van der Waals surface area contributed by atoms with E-state index in [0.717, 1.165) is 0 Å². The minimum atomic E-state index is -0.241. The number of nitrogens with one attached hydrogen (secondary N) is 2. The van der Waals surface area contributed by atoms with Crippen molar-refractivity contribution in [3.05, 3.63) is 29.3 Å². The molecule has 0 saturated carbocycles. The summed E-state index contributed by atoms with van der Waals surface area (Å²) in [6, 6.07) is 7.04. The van der Waals surface area contributed by atoms with Crippen molar-refractivity contribution >= 4 is 35.3 Å². The predicted octanol–water partition coefficient (Wildman–Crippen LogP) is 3.38. The van der Waals surface area contributed by atoms with Gasteiger partial charge < -0.3 is 0 Å². The zero-order valence-electron chi connectivity index (χ0n) is 14.5. The van der Waals surface area contributed by atoms with Crippen LogP contribution in [0.15, 0.2) is 24.3 Å². The zero-order valence-corrected chi connectivity index (χ0v) is 15.3. The summed E-state index contributed by atoms with van der Waals surface area (Å²) < 4.78 is 0. The Morgan fingerprint density at radius 3 is 1.80 bits per heavy atom. The van der Waals surface area contributed by atoms with Crippen LogP contribution in [0.3, 0.4) is 0 Å². The van der Waals surface area contributed by atoms with E-state index in [0.29, 0.717) is 10.6 Å². The fourth-order valence-corrected chi connectivity index (χ4v) is 1.98. The molecular formula is C17H20ClN5O2. The summed E-state index contributed by atoms with van der Waals surface area (Å²) >= 11 is 6.20. The maximum atomic E-state index is 11.9. The third kappa shape index (κ3) is 4.96. The zero-order chi connectivity index (χ0) is 18.6. The van der Waals surface area contributed by atoms with Crippen LogP contribution in [0, 0.1) is 11.8 Å². The van der Waals surface area contributed by atoms with Gasteiger partial charge in [0.05, 0.1) is 5.02 Å². The van der Waals surface area contributed by atoms with Gasteiger partial charge in [0.15, 0.2) is 5.82 Å². The third-order valence-electron chi connectivity index (χ3n) is 3.27. The first-order chi connectivity index (χ1) is 11.8. The standard InChI is InChI=1S/C17H20ClN5O2/c1-9(2)14(24)21-16-19-13(11-7-5-6-8-12(11)18)20-17(23-16)22-15(25)10(3)4/h5-10H,1-4H3,(H2,19,20,21,22,23,24,25). The molecule has 25 heavy (non-hydrogen) atoms. The number of carbonyl (C=O) groups excluding carboxylic acids is 2. The fourth-order valence-electron chi connectivity index (χ4n) is 1.76. The molecule has 1 heterocycles. The largest absolute Gasteiger partial charge is 0.294 e. The smallest absolute Gasteiger partial charge is 0.234 e. The molecule has 0 saturated heterocycles. The van der Waals surface area contributed by atoms with Gasteiger partial charge in [-0.3, -0.25) is 20.2 Å². The van der Waals surface area contributed by atoms with Crippen molar-refractivity contribution in [1.29, 1.82) is 0 Å². The highest BCUT2D eigenvalue weighted by molar-refractivity contribution is 6.33. The second-order valence-electron chi connectivity index (χ2n) is 6.07. The Balaban J connectivity index is 2.46. The Morgan fingerprint density at radius 1 is 0.880 bits per heavy atom. The molecule has 132 valence electrons. The third-order valence-corrected chi connectivity index (χ3v) is 3.60. The number of benzene rings is 1. The van der Waals surface area contributed by atoms with Crippen molar-refractivity contribution in [2.75, 3.05) is 10.6 Å². The van der Waals surface area contributed by atoms with E-state index in [1.807, 2.05) is 0 Å². The normalized spacial score (nSPS) is 10.8. The van der Waals surface area contributed by atoms with Gasteiger partial charge in [-0.05, 0) is 12.1 Å². The molecule has 0 fully saturated rings. The first-order valence-corrected chi connectivity index (χ1v) is 8.28. The van der Waals surface area contributed by atoms with E-state index in [2.05, 4.69) is 25.6 Å². The van der Waals surface area contributed by atoms with E-state index >= 15 is 0 Å². The van der Waals surface area contributed by atoms with Gasteiger partial charge in [-0.15, -0.1) is 0 Å². The molecule has 2 rings (SSSR count). The second kappa shape index (κ2) is 8.02. The van der Waals surface area contributed by atoms with Crippen LogP contribution in [0.4, 0.5) is 11.9 Å². The lowest BCUT2D eigenvalue weighted by atomic mass is 10.2. The van der Waals surface area contributed by atoms with Crippen LogP contribution in [0.25, 0.3) is 11.4 Å². The summed E-state index contributed by atoms with van der Waals surface area (Å²) in [5.74, 6) is -0.581. The summed E-state index contributed by atoms with van der Waals surface area (Å²) in [7, 11) is 0. The van der Waals surface area contributed by atoms with E-state index in [4.69, 9.17) is 11.6 Å². The van der Waals surface area contributed by atoms with Crippen LogP contribution in [0.1, 0.15) is 27.7 Å². The molecule has 0 spiro atoms. The Labute approximate surface area is 151 Å². The molecule has 1 aromatic heterocycles. The second-order valence-corrected chi connectivity index (χ2v) is 6.48. The minimum absolute atomic E-state index is 0.0580. The Bertz CT molecular complexity index is 752. The van der Waals surface area contributed by atoms with Gasteiger partial charge in [0.1, 0.15) is 0 Å². The molecule has 7 nitrogen and oxygen atoms in total. The molecule has 0 aliphatic rings. The molecule has 0 bridgehead atoms. The van der Waals surface area contributed by atoms with Crippen molar-refractivity contribution in [3.63, 3.8) is 0 Å². The van der Waals surface area contributed by atoms with Crippen molar-refractivity contribution in [1.82, 2.24) is 15.0 Å². The summed E-state index contributed by atoms with van der Waals surface area (Å²) in [5.41, 5.74) is 0.576. The van der Waals surface area contributed by atoms with Gasteiger partial charge in [0.2, 0.25) is 23.7 Å². The summed E-state index contributed by atoms with van der Waals surface area (Å²) in [6.45, 7) is 7.03. The monoisotopic (exact) mass is 361 g/mol. The van der Waals surface area contributed by atoms with Crippen LogP contribution in [0.2, 0.25) is 5.02 Å². The lowest BCUT2D eigenvalue weighted by molar-refractivity contribution is -0.119. The number of halogens is 1. The first kappa shape index (κ1) is 18.8. The van der Waals surface area contributed by atoms with Gasteiger partial charge in [-0.25, -0.2) is 0 Å². The molecule has 0 aliphatic heterocycles. The van der Waals surface area contributed by atoms with E-state index in [-0.39, 0.29) is 41.4 Å². The number of hydrogen-bond donors (Lipinski definition) is 2. The number of hydrogen-bond acceptors (Lipinski definition) is 5. The molecule has 2 aromatic rings. The summed E-state index contributed by atoms with van der Waals surface area (Å²) in [5, 5.41) is 5.69. The van der Waals surface area contributed by atoms with Crippen molar-refractivity contribution in [2.24, 2.45) is 11.8 Å². The average Bonchev–Trinajstić information content (AvgIpc) is 2.54. The van der Waals surface area contributed by atoms with Gasteiger partial charge in [0, 0.05) is 17.4 Å². The summed E-state index contributed by atoms with van der Waals surface area (Å²) in [4.78, 5) is 36.5. The highest BCUT2D eigenvalue weighted by Gasteiger charge is 2.16. The molecule has 0 radical (unpaired) electrons. The average molecular weight is 362 g/mol. The van der Waals surface area contributed by atoms with E-state index < -0.39 is 0 Å². The van der Waals surface area contributed by atoms with Gasteiger partial charge in [-0.2, -0.15) is 15.0 Å². The predicted molar refractivity (Wildman–Crippen MR) is 97.2 cm³/mol. The maximum Gasteiger partial charge on any atom is 0.234 e. The highest BCUT2D eigenvalue weighted by Crippen LogP contribution is 2.26. The molecule has 2 N–H and O–H groups in total. The van der Waals surface area contributed by atoms with E-state index in [1.54, 1.807) is 52.0 Å². The number of nitrogens with zero attached hydrogens (tertiary/aromatic N) is 3. The lowest BCUT2D eigenvalue weighted by Crippen LogP contribution is -2.23. The van der Waals surface area contributed by atoms with Crippen LogP contribution in [0.5, 0.6) is 0 Å². The van der Waals surface area contributed by atoms with E-state index in [1.165, 1.54) is 0 Å². The molecule has 2 amide bonds. The molecule has 0 aliphatic carbocycles. The van der Waals surface area contributed by atoms with Crippen LogP contribution < -0.4 is 10.6 Å². The van der Waals surface area contributed by atoms with Crippen LogP contribution >= 0.6 is 11.6 Å². The topological polar surface area (TPSA) is 96.9 Å². The van der Waals surface area contributed by atoms with Crippen molar-refractivity contribution < 1.29 is 9.59 Å². The van der Waals surface area contributed by atoms with Gasteiger partial charge in [0.25, 0.3) is 0 Å². The number of carbonyl (C=O) groups is 2.